The Labute approximate surface area is 123 Å². The van der Waals surface area contributed by atoms with E-state index in [1.54, 1.807) is 13.8 Å². The van der Waals surface area contributed by atoms with Crippen molar-refractivity contribution < 1.29 is 22.8 Å². The second kappa shape index (κ2) is 6.94. The minimum absolute atomic E-state index is 0.101. The van der Waals surface area contributed by atoms with Gasteiger partial charge in [-0.15, -0.1) is 0 Å². The molecule has 8 nitrogen and oxygen atoms in total. The summed E-state index contributed by atoms with van der Waals surface area (Å²) < 4.78 is 36.4. The first-order valence-electron chi connectivity index (χ1n) is 6.03. The highest BCUT2D eigenvalue weighted by atomic mass is 32.2. The van der Waals surface area contributed by atoms with Gasteiger partial charge in [0.15, 0.2) is 6.29 Å². The van der Waals surface area contributed by atoms with E-state index in [1.165, 1.54) is 20.3 Å². The maximum Gasteiger partial charge on any atom is 0.273 e. The van der Waals surface area contributed by atoms with E-state index < -0.39 is 21.2 Å². The molecule has 0 aliphatic rings. The third-order valence-electron chi connectivity index (χ3n) is 3.09. The first kappa shape index (κ1) is 17.5. The summed E-state index contributed by atoms with van der Waals surface area (Å²) in [7, 11) is -1.13. The fourth-order valence-corrected chi connectivity index (χ4v) is 2.80. The van der Waals surface area contributed by atoms with E-state index >= 15 is 0 Å². The quantitative estimate of drug-likeness (QED) is 0.458. The average molecular weight is 318 g/mol. The number of nitro benzene ring substituents is 1. The molecule has 1 rings (SSSR count). The molecule has 0 atom stereocenters. The lowest BCUT2D eigenvalue weighted by Gasteiger charge is -2.14. The van der Waals surface area contributed by atoms with Crippen LogP contribution in [0.1, 0.15) is 11.1 Å². The Hall–Kier alpha value is -1.55. The molecular formula is C12H18N2O6S. The van der Waals surface area contributed by atoms with Crippen molar-refractivity contribution in [3.05, 3.63) is 33.4 Å². The number of benzene rings is 1. The summed E-state index contributed by atoms with van der Waals surface area (Å²) >= 11 is 0. The summed E-state index contributed by atoms with van der Waals surface area (Å²) in [4.78, 5) is 10.2. The van der Waals surface area contributed by atoms with Crippen LogP contribution in [0.3, 0.4) is 0 Å². The van der Waals surface area contributed by atoms with Gasteiger partial charge in [-0.1, -0.05) is 0 Å². The van der Waals surface area contributed by atoms with E-state index in [9.17, 15) is 18.5 Å². The molecular weight excluding hydrogens is 300 g/mol. The lowest BCUT2D eigenvalue weighted by atomic mass is 10.1. The molecule has 0 saturated heterocycles. The van der Waals surface area contributed by atoms with E-state index in [-0.39, 0.29) is 17.1 Å². The van der Waals surface area contributed by atoms with Crippen LogP contribution in [0.2, 0.25) is 0 Å². The lowest BCUT2D eigenvalue weighted by molar-refractivity contribution is -0.385. The van der Waals surface area contributed by atoms with Crippen LogP contribution in [0.25, 0.3) is 0 Å². The topological polar surface area (TPSA) is 108 Å². The van der Waals surface area contributed by atoms with Crippen LogP contribution in [0, 0.1) is 24.0 Å². The molecule has 0 aromatic heterocycles. The van der Waals surface area contributed by atoms with Gasteiger partial charge in [0, 0.05) is 25.8 Å². The Morgan fingerprint density at radius 3 is 2.33 bits per heavy atom. The highest BCUT2D eigenvalue weighted by Gasteiger charge is 2.22. The van der Waals surface area contributed by atoms with Crippen molar-refractivity contribution in [1.82, 2.24) is 4.72 Å². The molecule has 1 aromatic rings. The first-order valence-corrected chi connectivity index (χ1v) is 7.52. The highest BCUT2D eigenvalue weighted by Crippen LogP contribution is 2.25. The van der Waals surface area contributed by atoms with Gasteiger partial charge in [-0.25, -0.2) is 13.1 Å². The molecule has 0 saturated carbocycles. The van der Waals surface area contributed by atoms with Crippen LogP contribution in [-0.2, 0) is 19.5 Å². The van der Waals surface area contributed by atoms with Gasteiger partial charge in [-0.05, 0) is 25.5 Å². The van der Waals surface area contributed by atoms with Crippen LogP contribution < -0.4 is 4.72 Å². The molecule has 0 aliphatic heterocycles. The molecule has 0 bridgehead atoms. The number of hydrogen-bond donors (Lipinski definition) is 1. The number of nitrogens with one attached hydrogen (secondary N) is 1. The summed E-state index contributed by atoms with van der Waals surface area (Å²) in [6, 6.07) is 2.43. The number of nitro groups is 1. The number of aryl methyl sites for hydroxylation is 1. The molecule has 21 heavy (non-hydrogen) atoms. The zero-order chi connectivity index (χ0) is 16.2. The maximum absolute atomic E-state index is 12.2. The maximum atomic E-state index is 12.2. The molecule has 0 unspecified atom stereocenters. The van der Waals surface area contributed by atoms with E-state index in [2.05, 4.69) is 4.72 Å². The Morgan fingerprint density at radius 1 is 1.29 bits per heavy atom. The molecule has 9 heteroatoms. The second-order valence-corrected chi connectivity index (χ2v) is 6.16. The van der Waals surface area contributed by atoms with Crippen molar-refractivity contribution >= 4 is 15.7 Å². The standard InChI is InChI=1S/C12H18N2O6S/c1-8-5-10(6-11(9(8)2)14(15)16)21(17,18)13-7-12(19-3)20-4/h5-6,12-13H,7H2,1-4H3. The Bertz CT molecular complexity index is 625. The Kier molecular flexibility index (Phi) is 5.78. The lowest BCUT2D eigenvalue weighted by Crippen LogP contribution is -2.34. The van der Waals surface area contributed by atoms with Crippen molar-refractivity contribution in [3.63, 3.8) is 0 Å². The van der Waals surface area contributed by atoms with E-state index in [0.29, 0.717) is 11.1 Å². The smallest absolute Gasteiger partial charge is 0.273 e. The van der Waals surface area contributed by atoms with Gasteiger partial charge in [0.25, 0.3) is 5.69 Å². The molecule has 118 valence electrons. The molecule has 0 heterocycles. The minimum atomic E-state index is -3.89. The third kappa shape index (κ3) is 4.21. The number of hydrogen-bond acceptors (Lipinski definition) is 6. The number of nitrogens with zero attached hydrogens (tertiary/aromatic N) is 1. The van der Waals surface area contributed by atoms with Crippen LogP contribution in [0.4, 0.5) is 5.69 Å². The van der Waals surface area contributed by atoms with Gasteiger partial charge in [0.2, 0.25) is 10.0 Å². The number of rotatable bonds is 7. The summed E-state index contributed by atoms with van der Waals surface area (Å²) in [5, 5.41) is 11.0. The molecule has 0 aliphatic carbocycles. The summed E-state index contributed by atoms with van der Waals surface area (Å²) in [6.45, 7) is 3.09. The van der Waals surface area contributed by atoms with Gasteiger partial charge in [-0.2, -0.15) is 0 Å². The van der Waals surface area contributed by atoms with Gasteiger partial charge in [-0.3, -0.25) is 10.1 Å². The summed E-state index contributed by atoms with van der Waals surface area (Å²) in [6.07, 6.45) is -0.735. The zero-order valence-corrected chi connectivity index (χ0v) is 13.1. The fraction of sp³-hybridized carbons (Fsp3) is 0.500. The molecule has 0 amide bonds. The van der Waals surface area contributed by atoms with Gasteiger partial charge >= 0.3 is 0 Å². The monoisotopic (exact) mass is 318 g/mol. The van der Waals surface area contributed by atoms with Crippen molar-refractivity contribution in [3.8, 4) is 0 Å². The molecule has 0 radical (unpaired) electrons. The Morgan fingerprint density at radius 2 is 1.86 bits per heavy atom. The zero-order valence-electron chi connectivity index (χ0n) is 12.2. The number of sulfonamides is 1. The van der Waals surface area contributed by atoms with Crippen molar-refractivity contribution in [2.24, 2.45) is 0 Å². The molecule has 0 fully saturated rings. The molecule has 1 N–H and O–H groups in total. The van der Waals surface area contributed by atoms with Crippen LogP contribution in [-0.4, -0.2) is 40.4 Å². The van der Waals surface area contributed by atoms with Crippen LogP contribution in [0.15, 0.2) is 17.0 Å². The van der Waals surface area contributed by atoms with E-state index in [1.807, 2.05) is 0 Å². The third-order valence-corrected chi connectivity index (χ3v) is 4.49. The van der Waals surface area contributed by atoms with E-state index in [4.69, 9.17) is 9.47 Å². The van der Waals surface area contributed by atoms with Gasteiger partial charge in [0.1, 0.15) is 0 Å². The highest BCUT2D eigenvalue weighted by molar-refractivity contribution is 7.89. The second-order valence-electron chi connectivity index (χ2n) is 4.39. The van der Waals surface area contributed by atoms with Gasteiger partial charge < -0.3 is 9.47 Å². The van der Waals surface area contributed by atoms with Crippen LogP contribution >= 0.6 is 0 Å². The van der Waals surface area contributed by atoms with Crippen molar-refractivity contribution in [2.45, 2.75) is 25.0 Å². The van der Waals surface area contributed by atoms with Crippen molar-refractivity contribution in [2.75, 3.05) is 20.8 Å². The summed E-state index contributed by atoms with van der Waals surface area (Å²) in [5.74, 6) is 0. The number of methoxy groups -OCH3 is 2. The SMILES string of the molecule is COC(CNS(=O)(=O)c1cc(C)c(C)c([N+](=O)[O-])c1)OC. The molecule has 0 spiro atoms. The van der Waals surface area contributed by atoms with Crippen LogP contribution in [0.5, 0.6) is 0 Å². The largest absolute Gasteiger partial charge is 0.355 e. The minimum Gasteiger partial charge on any atom is -0.355 e. The fourth-order valence-electron chi connectivity index (χ4n) is 1.68. The predicted molar refractivity (Wildman–Crippen MR) is 75.6 cm³/mol. The first-order chi connectivity index (χ1) is 9.72. The predicted octanol–water partition coefficient (Wildman–Crippen LogP) is 1.11. The summed E-state index contributed by atoms with van der Waals surface area (Å²) in [5.41, 5.74) is 0.732. The van der Waals surface area contributed by atoms with Gasteiger partial charge in [0.05, 0.1) is 16.4 Å². The average Bonchev–Trinajstić information content (AvgIpc) is 2.42. The molecule has 1 aromatic carbocycles. The number of ether oxygens (including phenoxy) is 2. The van der Waals surface area contributed by atoms with E-state index in [0.717, 1.165) is 6.07 Å². The normalized spacial score (nSPS) is 11.9. The van der Waals surface area contributed by atoms with Crippen molar-refractivity contribution in [1.29, 1.82) is 0 Å². The Balaban J connectivity index is 3.12.